The lowest BCUT2D eigenvalue weighted by atomic mass is 10.0. The van der Waals surface area contributed by atoms with Crippen molar-refractivity contribution in [3.63, 3.8) is 0 Å². The molecule has 0 aliphatic rings. The number of para-hydroxylation sites is 1. The molecule has 14 heteroatoms. The van der Waals surface area contributed by atoms with Gasteiger partial charge in [0.15, 0.2) is 0 Å². The molecule has 2 aromatic rings. The van der Waals surface area contributed by atoms with Gasteiger partial charge in [0, 0.05) is 23.5 Å². The summed E-state index contributed by atoms with van der Waals surface area (Å²) in [4.78, 5) is 74.0. The van der Waals surface area contributed by atoms with Crippen LogP contribution >= 0.6 is 0 Å². The summed E-state index contributed by atoms with van der Waals surface area (Å²) in [6, 6.07) is 3.31. The molecule has 14 nitrogen and oxygen atoms in total. The fourth-order valence-corrected chi connectivity index (χ4v) is 3.41. The van der Waals surface area contributed by atoms with Gasteiger partial charge in [0.2, 0.25) is 23.6 Å². The summed E-state index contributed by atoms with van der Waals surface area (Å²) in [7, 11) is 0. The predicted octanol–water partition coefficient (Wildman–Crippen LogP) is -2.05. The molecular formula is C22H28N6O8. The lowest BCUT2D eigenvalue weighted by Gasteiger charge is -2.23. The zero-order valence-electron chi connectivity index (χ0n) is 19.2. The Kier molecular flexibility index (Phi) is 9.92. The number of hydrogen-bond donors (Lipinski definition) is 8. The Morgan fingerprint density at radius 2 is 1.58 bits per heavy atom. The molecule has 0 aliphatic carbocycles. The minimum Gasteiger partial charge on any atom is -0.481 e. The van der Waals surface area contributed by atoms with E-state index in [4.69, 9.17) is 21.7 Å². The van der Waals surface area contributed by atoms with Crippen molar-refractivity contribution in [2.75, 3.05) is 6.54 Å². The Hall–Kier alpha value is -4.46. The molecule has 3 atom stereocenters. The van der Waals surface area contributed by atoms with Crippen LogP contribution < -0.4 is 27.4 Å². The van der Waals surface area contributed by atoms with E-state index in [0.29, 0.717) is 0 Å². The quantitative estimate of drug-likeness (QED) is 0.141. The van der Waals surface area contributed by atoms with Crippen molar-refractivity contribution in [2.24, 2.45) is 11.5 Å². The summed E-state index contributed by atoms with van der Waals surface area (Å²) < 4.78 is 0. The molecule has 0 aliphatic heterocycles. The first kappa shape index (κ1) is 27.8. The van der Waals surface area contributed by atoms with Gasteiger partial charge in [-0.3, -0.25) is 28.8 Å². The zero-order valence-corrected chi connectivity index (χ0v) is 19.2. The molecule has 2 rings (SSSR count). The standard InChI is InChI=1S/C22H28N6O8/c23-13(7-11-9-25-14-4-2-1-3-12(11)14)20(34)28-16(8-17(24)29)22(36)27-15(5-6-18(30)31)21(35)26-10-19(32)33/h1-4,9,13,15-16,25H,5-8,10,23H2,(H2,24,29)(H,26,35)(H,27,36)(H,28,34)(H,30,31)(H,32,33). The van der Waals surface area contributed by atoms with Crippen molar-refractivity contribution in [3.8, 4) is 0 Å². The van der Waals surface area contributed by atoms with Crippen LogP contribution in [0.25, 0.3) is 10.9 Å². The minimum absolute atomic E-state index is 0.111. The van der Waals surface area contributed by atoms with Crippen LogP contribution in [0, 0.1) is 0 Å². The number of carbonyl (C=O) groups is 6. The van der Waals surface area contributed by atoms with Crippen LogP contribution in [0.1, 0.15) is 24.8 Å². The summed E-state index contributed by atoms with van der Waals surface area (Å²) in [5.74, 6) is -6.26. The van der Waals surface area contributed by atoms with E-state index in [0.717, 1.165) is 16.5 Å². The lowest BCUT2D eigenvalue weighted by Crippen LogP contribution is -2.57. The molecule has 0 bridgehead atoms. The Balaban J connectivity index is 2.10. The Morgan fingerprint density at radius 1 is 0.917 bits per heavy atom. The van der Waals surface area contributed by atoms with E-state index in [1.165, 1.54) is 0 Å². The van der Waals surface area contributed by atoms with Gasteiger partial charge in [-0.15, -0.1) is 0 Å². The molecule has 3 unspecified atom stereocenters. The number of nitrogens with one attached hydrogen (secondary N) is 4. The molecule has 36 heavy (non-hydrogen) atoms. The highest BCUT2D eigenvalue weighted by Crippen LogP contribution is 2.18. The van der Waals surface area contributed by atoms with Crippen LogP contribution in [0.3, 0.4) is 0 Å². The van der Waals surface area contributed by atoms with Crippen molar-refractivity contribution in [3.05, 3.63) is 36.0 Å². The third-order valence-corrected chi connectivity index (χ3v) is 5.18. The maximum absolute atomic E-state index is 12.8. The highest BCUT2D eigenvalue weighted by molar-refractivity contribution is 5.96. The number of nitrogens with two attached hydrogens (primary N) is 2. The first-order valence-electron chi connectivity index (χ1n) is 10.9. The molecule has 0 saturated carbocycles. The van der Waals surface area contributed by atoms with Crippen molar-refractivity contribution >= 4 is 46.5 Å². The first-order valence-corrected chi connectivity index (χ1v) is 10.9. The van der Waals surface area contributed by atoms with E-state index in [2.05, 4.69) is 15.6 Å². The molecule has 0 saturated heterocycles. The van der Waals surface area contributed by atoms with Crippen molar-refractivity contribution in [1.29, 1.82) is 0 Å². The highest BCUT2D eigenvalue weighted by atomic mass is 16.4. The van der Waals surface area contributed by atoms with Crippen molar-refractivity contribution < 1.29 is 39.0 Å². The van der Waals surface area contributed by atoms with E-state index in [9.17, 15) is 28.8 Å². The van der Waals surface area contributed by atoms with Crippen LogP contribution in [0.2, 0.25) is 0 Å². The van der Waals surface area contributed by atoms with Crippen molar-refractivity contribution in [2.45, 2.75) is 43.8 Å². The molecule has 194 valence electrons. The monoisotopic (exact) mass is 504 g/mol. The Morgan fingerprint density at radius 3 is 2.22 bits per heavy atom. The summed E-state index contributed by atoms with van der Waals surface area (Å²) in [6.45, 7) is -0.761. The fraction of sp³-hybridized carbons (Fsp3) is 0.364. The number of hydrogen-bond acceptors (Lipinski definition) is 7. The number of carbonyl (C=O) groups excluding carboxylic acids is 4. The predicted molar refractivity (Wildman–Crippen MR) is 125 cm³/mol. The van der Waals surface area contributed by atoms with Crippen LogP contribution in [-0.2, 0) is 35.2 Å². The van der Waals surface area contributed by atoms with Gasteiger partial charge in [0.25, 0.3) is 0 Å². The molecule has 0 radical (unpaired) electrons. The normalized spacial score (nSPS) is 13.2. The van der Waals surface area contributed by atoms with Crippen LogP contribution in [0.4, 0.5) is 0 Å². The highest BCUT2D eigenvalue weighted by Gasteiger charge is 2.30. The maximum Gasteiger partial charge on any atom is 0.322 e. The molecule has 1 heterocycles. The largest absolute Gasteiger partial charge is 0.481 e. The lowest BCUT2D eigenvalue weighted by molar-refractivity contribution is -0.140. The average molecular weight is 505 g/mol. The molecule has 1 aromatic carbocycles. The number of aliphatic carboxylic acids is 2. The topological polar surface area (TPSA) is 247 Å². The zero-order chi connectivity index (χ0) is 26.8. The third-order valence-electron chi connectivity index (χ3n) is 5.18. The smallest absolute Gasteiger partial charge is 0.322 e. The van der Waals surface area contributed by atoms with E-state index >= 15 is 0 Å². The van der Waals surface area contributed by atoms with Gasteiger partial charge < -0.3 is 42.6 Å². The van der Waals surface area contributed by atoms with Crippen molar-refractivity contribution in [1.82, 2.24) is 20.9 Å². The van der Waals surface area contributed by atoms with E-state index in [1.54, 1.807) is 6.20 Å². The van der Waals surface area contributed by atoms with Gasteiger partial charge in [-0.1, -0.05) is 18.2 Å². The Labute approximate surface area is 204 Å². The number of aromatic nitrogens is 1. The second-order valence-electron chi connectivity index (χ2n) is 8.01. The van der Waals surface area contributed by atoms with Gasteiger partial charge in [-0.05, 0) is 24.5 Å². The second-order valence-corrected chi connectivity index (χ2v) is 8.01. The molecule has 4 amide bonds. The molecule has 0 fully saturated rings. The molecule has 0 spiro atoms. The second kappa shape index (κ2) is 12.9. The SMILES string of the molecule is NC(=O)CC(NC(=O)C(N)Cc1c[nH]c2ccccc12)C(=O)NC(CCC(=O)O)C(=O)NCC(=O)O. The number of carboxylic acids is 2. The Bertz CT molecular complexity index is 1150. The fourth-order valence-electron chi connectivity index (χ4n) is 3.41. The van der Waals surface area contributed by atoms with Gasteiger partial charge in [-0.2, -0.15) is 0 Å². The summed E-state index contributed by atoms with van der Waals surface area (Å²) in [5.41, 5.74) is 12.8. The molecule has 10 N–H and O–H groups in total. The molecule has 1 aromatic heterocycles. The number of H-pyrrole nitrogens is 1. The number of amides is 4. The number of primary amides is 1. The molecular weight excluding hydrogens is 476 g/mol. The summed E-state index contributed by atoms with van der Waals surface area (Å²) in [5, 5.41) is 25.1. The van der Waals surface area contributed by atoms with E-state index in [1.807, 2.05) is 29.6 Å². The average Bonchev–Trinajstić information content (AvgIpc) is 3.21. The van der Waals surface area contributed by atoms with Crippen LogP contribution in [0.15, 0.2) is 30.5 Å². The van der Waals surface area contributed by atoms with Crippen LogP contribution in [-0.4, -0.2) is 75.4 Å². The first-order chi connectivity index (χ1) is 17.0. The summed E-state index contributed by atoms with van der Waals surface area (Å²) >= 11 is 0. The van der Waals surface area contributed by atoms with Gasteiger partial charge in [0.1, 0.15) is 18.6 Å². The van der Waals surface area contributed by atoms with Gasteiger partial charge >= 0.3 is 11.9 Å². The van der Waals surface area contributed by atoms with E-state index < -0.39 is 73.1 Å². The number of fused-ring (bicyclic) bond motifs is 1. The third kappa shape index (κ3) is 8.39. The number of benzene rings is 1. The van der Waals surface area contributed by atoms with Gasteiger partial charge in [0.05, 0.1) is 12.5 Å². The maximum atomic E-state index is 12.8. The number of carboxylic acid groups (broad SMARTS) is 2. The van der Waals surface area contributed by atoms with Crippen LogP contribution in [0.5, 0.6) is 0 Å². The number of aromatic amines is 1. The van der Waals surface area contributed by atoms with Gasteiger partial charge in [-0.25, -0.2) is 0 Å². The van der Waals surface area contributed by atoms with E-state index in [-0.39, 0.29) is 12.8 Å². The summed E-state index contributed by atoms with van der Waals surface area (Å²) in [6.07, 6.45) is 0.297. The minimum atomic E-state index is -1.51. The number of rotatable bonds is 14.